The van der Waals surface area contributed by atoms with Crippen molar-refractivity contribution in [2.75, 3.05) is 44.2 Å². The van der Waals surface area contributed by atoms with Crippen LogP contribution in [0, 0.1) is 17.8 Å². The molecular formula is C20H29ClF3N5O2S. The molecule has 2 saturated heterocycles. The summed E-state index contributed by atoms with van der Waals surface area (Å²) in [7, 11) is 0. The summed E-state index contributed by atoms with van der Waals surface area (Å²) in [6.45, 7) is 3.47. The number of hydroxylamine groups is 1. The fourth-order valence-electron chi connectivity index (χ4n) is 4.53. The Hall–Kier alpha value is -0.850. The molecule has 7 nitrogen and oxygen atoms in total. The molecule has 1 aromatic rings. The second-order valence-corrected chi connectivity index (χ2v) is 10.4. The fraction of sp³-hybridized carbons (Fsp3) is 0.800. The van der Waals surface area contributed by atoms with Crippen LogP contribution in [0.15, 0.2) is 12.4 Å². The minimum Gasteiger partial charge on any atom is -0.375 e. The maximum Gasteiger partial charge on any atom is 0.390 e. The zero-order chi connectivity index (χ0) is 22.7. The molecule has 1 aliphatic carbocycles. The third kappa shape index (κ3) is 7.07. The van der Waals surface area contributed by atoms with E-state index in [1.165, 1.54) is 6.42 Å². The van der Waals surface area contributed by atoms with Crippen molar-refractivity contribution >= 4 is 29.7 Å². The minimum atomic E-state index is -4.26. The van der Waals surface area contributed by atoms with Gasteiger partial charge in [-0.1, -0.05) is 11.6 Å². The van der Waals surface area contributed by atoms with Crippen molar-refractivity contribution < 1.29 is 23.1 Å². The van der Waals surface area contributed by atoms with Gasteiger partial charge in [-0.25, -0.2) is 14.3 Å². The van der Waals surface area contributed by atoms with Crippen molar-refractivity contribution in [3.05, 3.63) is 17.4 Å². The van der Waals surface area contributed by atoms with Crippen LogP contribution in [-0.4, -0.2) is 75.6 Å². The average Bonchev–Trinajstić information content (AvgIpc) is 3.50. The average molecular weight is 496 g/mol. The maximum absolute atomic E-state index is 12.2. The van der Waals surface area contributed by atoms with E-state index < -0.39 is 19.1 Å². The second-order valence-electron chi connectivity index (χ2n) is 8.84. The number of anilines is 1. The van der Waals surface area contributed by atoms with Crippen molar-refractivity contribution in [3.63, 3.8) is 0 Å². The summed E-state index contributed by atoms with van der Waals surface area (Å²) in [6.07, 6.45) is 2.75. The lowest BCUT2D eigenvalue weighted by Gasteiger charge is -2.38. The van der Waals surface area contributed by atoms with Crippen molar-refractivity contribution in [2.24, 2.45) is 17.8 Å². The Morgan fingerprint density at radius 3 is 2.56 bits per heavy atom. The molecule has 2 aliphatic heterocycles. The van der Waals surface area contributed by atoms with Gasteiger partial charge < -0.3 is 14.8 Å². The zero-order valence-corrected chi connectivity index (χ0v) is 19.3. The largest absolute Gasteiger partial charge is 0.390 e. The van der Waals surface area contributed by atoms with E-state index in [4.69, 9.17) is 16.3 Å². The summed E-state index contributed by atoms with van der Waals surface area (Å²) in [6, 6.07) is 0. The Morgan fingerprint density at radius 1 is 1.22 bits per heavy atom. The number of hydrogen-bond donors (Lipinski definition) is 1. The lowest BCUT2D eigenvalue weighted by atomic mass is 9.90. The van der Waals surface area contributed by atoms with Gasteiger partial charge in [-0.2, -0.15) is 13.2 Å². The van der Waals surface area contributed by atoms with Gasteiger partial charge in [0.2, 0.25) is 5.95 Å². The molecule has 0 amide bonds. The molecule has 32 heavy (non-hydrogen) atoms. The van der Waals surface area contributed by atoms with Gasteiger partial charge in [-0.3, -0.25) is 0 Å². The van der Waals surface area contributed by atoms with Gasteiger partial charge in [0.15, 0.2) is 0 Å². The third-order valence-electron chi connectivity index (χ3n) is 6.46. The van der Waals surface area contributed by atoms with Crippen molar-refractivity contribution in [1.82, 2.24) is 18.7 Å². The van der Waals surface area contributed by atoms with Crippen LogP contribution in [0.1, 0.15) is 32.1 Å². The molecule has 1 saturated carbocycles. The predicted octanol–water partition coefficient (Wildman–Crippen LogP) is 4.28. The third-order valence-corrected chi connectivity index (χ3v) is 7.56. The van der Waals surface area contributed by atoms with Crippen LogP contribution in [0.5, 0.6) is 0 Å². The topological polar surface area (TPSA) is 65.0 Å². The zero-order valence-electron chi connectivity index (χ0n) is 17.8. The number of halogens is 4. The number of nitrogens with zero attached hydrogens (tertiary/aromatic N) is 5. The van der Waals surface area contributed by atoms with E-state index >= 15 is 0 Å². The Morgan fingerprint density at radius 2 is 1.91 bits per heavy atom. The smallest absolute Gasteiger partial charge is 0.375 e. The summed E-state index contributed by atoms with van der Waals surface area (Å²) in [5.74, 6) is 3.04. The van der Waals surface area contributed by atoms with Crippen molar-refractivity contribution in [1.29, 1.82) is 0 Å². The first-order chi connectivity index (χ1) is 15.3. The van der Waals surface area contributed by atoms with Gasteiger partial charge in [0, 0.05) is 51.5 Å². The number of aromatic nitrogens is 2. The van der Waals surface area contributed by atoms with Crippen LogP contribution in [0.2, 0.25) is 5.02 Å². The normalized spacial score (nSPS) is 25.4. The van der Waals surface area contributed by atoms with E-state index in [1.807, 2.05) is 0 Å². The van der Waals surface area contributed by atoms with Gasteiger partial charge in [0.25, 0.3) is 0 Å². The molecule has 3 fully saturated rings. The van der Waals surface area contributed by atoms with Crippen molar-refractivity contribution in [2.45, 2.75) is 44.4 Å². The monoisotopic (exact) mass is 495 g/mol. The highest BCUT2D eigenvalue weighted by Gasteiger charge is 2.43. The van der Waals surface area contributed by atoms with Gasteiger partial charge >= 0.3 is 6.18 Å². The van der Waals surface area contributed by atoms with Gasteiger partial charge in [-0.15, -0.1) is 4.47 Å². The Kier molecular flexibility index (Phi) is 8.05. The molecular weight excluding hydrogens is 467 g/mol. The lowest BCUT2D eigenvalue weighted by molar-refractivity contribution is -0.146. The molecule has 3 aliphatic rings. The van der Waals surface area contributed by atoms with Crippen molar-refractivity contribution in [3.8, 4) is 0 Å². The molecule has 0 aromatic carbocycles. The van der Waals surface area contributed by atoms with E-state index in [0.29, 0.717) is 22.6 Å². The first-order valence-electron chi connectivity index (χ1n) is 11.1. The van der Waals surface area contributed by atoms with Gasteiger partial charge in [0.1, 0.15) is 0 Å². The molecule has 180 valence electrons. The van der Waals surface area contributed by atoms with Gasteiger partial charge in [0.05, 0.1) is 29.9 Å². The molecule has 2 atom stereocenters. The van der Waals surface area contributed by atoms with E-state index in [0.717, 1.165) is 74.8 Å². The molecule has 1 aromatic heterocycles. The molecule has 4 rings (SSSR count). The Balaban J connectivity index is 1.04. The Bertz CT molecular complexity index is 733. The minimum absolute atomic E-state index is 0.0957. The molecule has 12 heteroatoms. The number of rotatable bonds is 10. The predicted molar refractivity (Wildman–Crippen MR) is 116 cm³/mol. The highest BCUT2D eigenvalue weighted by Crippen LogP contribution is 2.50. The maximum atomic E-state index is 12.2. The lowest BCUT2D eigenvalue weighted by Crippen LogP contribution is -2.49. The number of piperidine rings is 1. The molecule has 3 heterocycles. The number of alkyl halides is 3. The van der Waals surface area contributed by atoms with Crippen LogP contribution in [0.3, 0.4) is 0 Å². The molecule has 0 radical (unpaired) electrons. The Labute approximate surface area is 195 Å². The van der Waals surface area contributed by atoms with E-state index in [9.17, 15) is 18.4 Å². The first kappa shape index (κ1) is 24.3. The van der Waals surface area contributed by atoms with Crippen LogP contribution < -0.4 is 4.90 Å². The quantitative estimate of drug-likeness (QED) is 0.381. The van der Waals surface area contributed by atoms with Crippen LogP contribution in [-0.2, 0) is 4.74 Å². The summed E-state index contributed by atoms with van der Waals surface area (Å²) >= 11 is 6.79. The number of ether oxygens (including phenoxy) is 1. The second kappa shape index (κ2) is 10.6. The molecule has 0 bridgehead atoms. The standard InChI is InChI=1S/C20H29ClF3N5O2S/c21-16-10-25-19(26-11-16)27-5-1-14(2-6-27)18-9-15(18)3-8-31-17-12-28(13-17)32-29(30)7-4-20(22,23)24/h10-11,14-15,17-18,30H,1-9,12-13H2. The molecule has 2 unspecified atom stereocenters. The van der Waals surface area contributed by atoms with E-state index in [1.54, 1.807) is 16.7 Å². The van der Waals surface area contributed by atoms with Gasteiger partial charge in [-0.05, 0) is 43.4 Å². The van der Waals surface area contributed by atoms with Crippen LogP contribution in [0.25, 0.3) is 0 Å². The van der Waals surface area contributed by atoms with E-state index in [2.05, 4.69) is 14.9 Å². The molecule has 0 spiro atoms. The molecule has 1 N–H and O–H groups in total. The summed E-state index contributed by atoms with van der Waals surface area (Å²) in [4.78, 5) is 10.9. The fourth-order valence-corrected chi connectivity index (χ4v) is 5.54. The SMILES string of the molecule is ON(CCC(F)(F)F)SN1CC(OCCC2CC2C2CCN(c3ncc(Cl)cn3)CC2)C1. The number of hydrogen-bond acceptors (Lipinski definition) is 8. The van der Waals surface area contributed by atoms with E-state index in [-0.39, 0.29) is 6.10 Å². The first-order valence-corrected chi connectivity index (χ1v) is 12.2. The highest BCUT2D eigenvalue weighted by molar-refractivity contribution is 7.94. The van der Waals surface area contributed by atoms with Crippen LogP contribution in [0.4, 0.5) is 19.1 Å². The van der Waals surface area contributed by atoms with Crippen LogP contribution >= 0.6 is 23.7 Å². The summed E-state index contributed by atoms with van der Waals surface area (Å²) < 4.78 is 44.9. The highest BCUT2D eigenvalue weighted by atomic mass is 35.5. The summed E-state index contributed by atoms with van der Waals surface area (Å²) in [5, 5.41) is 10.1. The summed E-state index contributed by atoms with van der Waals surface area (Å²) in [5.41, 5.74) is 0.